The van der Waals surface area contributed by atoms with Crippen LogP contribution in [0.3, 0.4) is 0 Å². The van der Waals surface area contributed by atoms with Crippen molar-refractivity contribution in [3.05, 3.63) is 153 Å². The van der Waals surface area contributed by atoms with Gasteiger partial charge in [0.15, 0.2) is 0 Å². The third-order valence-electron chi connectivity index (χ3n) is 5.82. The number of aromatic amines is 3. The molecule has 0 unspecified atom stereocenters. The maximum Gasteiger partial charge on any atom is 2.00 e. The van der Waals surface area contributed by atoms with Crippen molar-refractivity contribution in [2.45, 2.75) is 0 Å². The molecule has 5 heteroatoms. The average Bonchev–Trinajstić information content (AvgIpc) is 3.66. The first-order valence-electron chi connectivity index (χ1n) is 11.4. The molecule has 0 amide bonds. The van der Waals surface area contributed by atoms with Gasteiger partial charge >= 0.3 is 17.1 Å². The quantitative estimate of drug-likeness (QED) is 0.253. The van der Waals surface area contributed by atoms with Crippen molar-refractivity contribution < 1.29 is 22.1 Å². The minimum atomic E-state index is 0. The summed E-state index contributed by atoms with van der Waals surface area (Å²) in [6, 6.07) is 23.7. The standard InChI is InChI=1S/C25H19N4.C5H5.Fe/c1-2-4-16(3-1)24-14-23-13-21-8-7-19(27-21)11-17-5-6-18(26-17)12-20-9-10-22(28-20)15-25(24)29-23;1-2-4-5-3-1;/h1-15,26-29H;1-5H;/q2*-1;+2. The van der Waals surface area contributed by atoms with Crippen molar-refractivity contribution in [3.63, 3.8) is 0 Å². The second-order valence-corrected chi connectivity index (χ2v) is 8.37. The zero-order valence-electron chi connectivity index (χ0n) is 18.9. The van der Waals surface area contributed by atoms with E-state index in [0.29, 0.717) is 0 Å². The van der Waals surface area contributed by atoms with E-state index >= 15 is 0 Å². The molecule has 35 heavy (non-hydrogen) atoms. The molecular formula is C30H24FeN4. The van der Waals surface area contributed by atoms with Crippen molar-refractivity contribution in [2.75, 3.05) is 0 Å². The molecule has 0 saturated heterocycles. The molecule has 0 fully saturated rings. The Bertz CT molecular complexity index is 1650. The van der Waals surface area contributed by atoms with Gasteiger partial charge in [-0.2, -0.15) is 18.2 Å². The number of hydrogen-bond donors (Lipinski definition) is 3. The van der Waals surface area contributed by atoms with E-state index in [2.05, 4.69) is 111 Å². The Morgan fingerprint density at radius 2 is 1.43 bits per heavy atom. The fourth-order valence-electron chi connectivity index (χ4n) is 4.25. The molecule has 4 N–H and O–H groups in total. The van der Waals surface area contributed by atoms with E-state index in [9.17, 15) is 0 Å². The summed E-state index contributed by atoms with van der Waals surface area (Å²) in [5.41, 5.74) is 5.60. The van der Waals surface area contributed by atoms with Gasteiger partial charge in [0.2, 0.25) is 0 Å². The van der Waals surface area contributed by atoms with Gasteiger partial charge in [-0.25, -0.2) is 12.1 Å². The van der Waals surface area contributed by atoms with Gasteiger partial charge in [-0.1, -0.05) is 66.3 Å². The fourth-order valence-corrected chi connectivity index (χ4v) is 4.25. The number of nitrogens with one attached hydrogen (secondary N) is 4. The zero-order valence-corrected chi connectivity index (χ0v) is 20.0. The maximum atomic E-state index is 3.57. The predicted octanol–water partition coefficient (Wildman–Crippen LogP) is 1.95. The van der Waals surface area contributed by atoms with Gasteiger partial charge in [0.05, 0.1) is 5.69 Å². The van der Waals surface area contributed by atoms with Gasteiger partial charge < -0.3 is 15.3 Å². The Kier molecular flexibility index (Phi) is 6.44. The van der Waals surface area contributed by atoms with E-state index in [-0.39, 0.29) is 17.1 Å². The van der Waals surface area contributed by atoms with Crippen molar-refractivity contribution in [1.82, 2.24) is 15.3 Å². The van der Waals surface area contributed by atoms with Gasteiger partial charge in [-0.3, -0.25) is 4.98 Å². The fraction of sp³-hybridized carbons (Fsp3) is 0. The van der Waals surface area contributed by atoms with Crippen LogP contribution in [0.4, 0.5) is 0 Å². The molecule has 0 saturated carbocycles. The number of rotatable bonds is 0. The van der Waals surface area contributed by atoms with Crippen molar-refractivity contribution in [3.8, 4) is 0 Å². The Balaban J connectivity index is 0.000000379. The van der Waals surface area contributed by atoms with Gasteiger partial charge in [0.25, 0.3) is 0 Å². The molecule has 3 aromatic heterocycles. The smallest absolute Gasteiger partial charge is 0.403 e. The summed E-state index contributed by atoms with van der Waals surface area (Å²) in [6.07, 6.45) is 19.2. The summed E-state index contributed by atoms with van der Waals surface area (Å²) in [7, 11) is 0. The largest absolute Gasteiger partial charge is 2.00 e. The second-order valence-electron chi connectivity index (χ2n) is 8.37. The third-order valence-corrected chi connectivity index (χ3v) is 5.82. The van der Waals surface area contributed by atoms with Crippen LogP contribution < -0.4 is 31.7 Å². The molecule has 4 nitrogen and oxygen atoms in total. The summed E-state index contributed by atoms with van der Waals surface area (Å²) in [5.74, 6) is 0. The Labute approximate surface area is 214 Å². The van der Waals surface area contributed by atoms with Crippen LogP contribution in [0.25, 0.3) is 24.3 Å². The second kappa shape index (κ2) is 9.98. The van der Waals surface area contributed by atoms with Crippen molar-refractivity contribution in [1.29, 1.82) is 0 Å². The molecule has 0 spiro atoms. The Morgan fingerprint density at radius 3 is 2.14 bits per heavy atom. The van der Waals surface area contributed by atoms with Gasteiger partial charge in [0.1, 0.15) is 5.69 Å². The molecule has 3 aliphatic rings. The van der Waals surface area contributed by atoms with Crippen molar-refractivity contribution in [2.24, 2.45) is 0 Å². The molecular weight excluding hydrogens is 472 g/mol. The van der Waals surface area contributed by atoms with Crippen molar-refractivity contribution >= 4 is 24.3 Å². The van der Waals surface area contributed by atoms with Crippen LogP contribution in [-0.4, -0.2) is 9.97 Å². The van der Waals surface area contributed by atoms with Gasteiger partial charge in [-0.05, 0) is 46.7 Å². The normalized spacial score (nSPS) is 15.0. The van der Waals surface area contributed by atoms with E-state index in [1.165, 1.54) is 11.1 Å². The molecule has 0 atom stereocenters. The number of aromatic nitrogens is 3. The molecule has 0 radical (unpaired) electrons. The van der Waals surface area contributed by atoms with Gasteiger partial charge in [-0.15, -0.1) is 11.6 Å². The zero-order chi connectivity index (χ0) is 22.7. The Hall–Kier alpha value is -4.18. The number of hydrogen-bond acceptors (Lipinski definition) is 1. The summed E-state index contributed by atoms with van der Waals surface area (Å²) in [5, 5.41) is 7.82. The molecule has 4 aromatic rings. The first kappa shape index (κ1) is 22.6. The van der Waals surface area contributed by atoms with E-state index in [4.69, 9.17) is 0 Å². The topological polar surface area (TPSA) is 57.8 Å². The SMILES string of the molecule is C1=CC(=C2C=C3C=c4ccc([nH]4)=C[c-]4ccc([nH+]4)C=c4ccc([nH]4)=C[C-]2N3)C=C1.[Fe+2].c1cc[cH-]c1. The van der Waals surface area contributed by atoms with Gasteiger partial charge in [0, 0.05) is 10.7 Å². The van der Waals surface area contributed by atoms with E-state index < -0.39 is 0 Å². The molecule has 172 valence electrons. The summed E-state index contributed by atoms with van der Waals surface area (Å²) in [4.78, 5) is 10.4. The van der Waals surface area contributed by atoms with Crippen LogP contribution in [0, 0.1) is 6.04 Å². The molecule has 8 bridgehead atoms. The molecule has 1 aromatic carbocycles. The molecule has 5 heterocycles. The number of fused-ring (bicyclic) bond motifs is 8. The van der Waals surface area contributed by atoms with Crippen LogP contribution in [0.15, 0.2) is 114 Å². The van der Waals surface area contributed by atoms with E-state index in [1.54, 1.807) is 0 Å². The molecule has 1 aliphatic carbocycles. The van der Waals surface area contributed by atoms with Crippen LogP contribution in [-0.2, 0) is 17.1 Å². The van der Waals surface area contributed by atoms with Crippen LogP contribution in [0.5, 0.6) is 0 Å². The predicted molar refractivity (Wildman–Crippen MR) is 137 cm³/mol. The Morgan fingerprint density at radius 1 is 0.743 bits per heavy atom. The third kappa shape index (κ3) is 5.17. The monoisotopic (exact) mass is 496 g/mol. The summed E-state index contributed by atoms with van der Waals surface area (Å²) < 4.78 is 0. The van der Waals surface area contributed by atoms with E-state index in [1.807, 2.05) is 30.3 Å². The van der Waals surface area contributed by atoms with E-state index in [0.717, 1.165) is 44.5 Å². The number of allylic oxidation sites excluding steroid dienone is 6. The van der Waals surface area contributed by atoms with Crippen LogP contribution in [0.2, 0.25) is 0 Å². The van der Waals surface area contributed by atoms with Crippen LogP contribution in [0.1, 0.15) is 11.4 Å². The maximum absolute atomic E-state index is 3.57. The minimum Gasteiger partial charge on any atom is -0.403 e. The number of H-pyrrole nitrogens is 3. The molecule has 2 aliphatic heterocycles. The average molecular weight is 496 g/mol. The summed E-state index contributed by atoms with van der Waals surface area (Å²) >= 11 is 0. The first-order chi connectivity index (χ1) is 16.8. The van der Waals surface area contributed by atoms with Crippen LogP contribution >= 0.6 is 0 Å². The molecule has 7 rings (SSSR count). The minimum absolute atomic E-state index is 0. The summed E-state index contributed by atoms with van der Waals surface area (Å²) in [6.45, 7) is 0. The first-order valence-corrected chi connectivity index (χ1v) is 11.4.